The summed E-state index contributed by atoms with van der Waals surface area (Å²) in [5, 5.41) is 7.24. The number of rotatable bonds is 5. The molecule has 0 fully saturated rings. The minimum atomic E-state index is 0.380. The van der Waals surface area contributed by atoms with Crippen LogP contribution < -0.4 is 10.6 Å². The highest BCUT2D eigenvalue weighted by Gasteiger charge is 2.06. The molecule has 0 bridgehead atoms. The van der Waals surface area contributed by atoms with Gasteiger partial charge in [-0.25, -0.2) is 9.97 Å². The molecular weight excluding hydrogens is 208 g/mol. The predicted octanol–water partition coefficient (Wildman–Crippen LogP) is 1.74. The van der Waals surface area contributed by atoms with Gasteiger partial charge >= 0.3 is 0 Å². The van der Waals surface area contributed by atoms with Gasteiger partial charge in [0.1, 0.15) is 5.82 Å². The first-order chi connectivity index (χ1) is 7.17. The maximum Gasteiger partial charge on any atom is 0.189 e. The van der Waals surface area contributed by atoms with Crippen molar-refractivity contribution in [1.82, 2.24) is 15.3 Å². The summed E-state index contributed by atoms with van der Waals surface area (Å²) in [6.45, 7) is 4.98. The molecule has 84 valence electrons. The van der Waals surface area contributed by atoms with Crippen molar-refractivity contribution in [3.05, 3.63) is 11.8 Å². The van der Waals surface area contributed by atoms with Crippen molar-refractivity contribution < 1.29 is 0 Å². The van der Waals surface area contributed by atoms with Gasteiger partial charge in [-0.1, -0.05) is 11.8 Å². The summed E-state index contributed by atoms with van der Waals surface area (Å²) in [6, 6.07) is 0.380. The second-order valence-electron chi connectivity index (χ2n) is 3.56. The molecule has 1 aromatic rings. The lowest BCUT2D eigenvalue weighted by Gasteiger charge is -2.13. The van der Waals surface area contributed by atoms with Gasteiger partial charge in [-0.2, -0.15) is 0 Å². The lowest BCUT2D eigenvalue weighted by atomic mass is 10.3. The van der Waals surface area contributed by atoms with Crippen molar-refractivity contribution in [2.45, 2.75) is 31.6 Å². The van der Waals surface area contributed by atoms with Crippen LogP contribution in [-0.4, -0.2) is 29.3 Å². The summed E-state index contributed by atoms with van der Waals surface area (Å²) in [5.74, 6) is 0.929. The van der Waals surface area contributed by atoms with E-state index in [0.29, 0.717) is 6.04 Å². The lowest BCUT2D eigenvalue weighted by Crippen LogP contribution is -2.16. The Kier molecular flexibility index (Phi) is 4.84. The quantitative estimate of drug-likeness (QED) is 0.591. The van der Waals surface area contributed by atoms with Crippen LogP contribution in [0.2, 0.25) is 0 Å². The number of nitrogens with one attached hydrogen (secondary N) is 2. The SMILES string of the molecule is CNCc1cnc(SC)nc1NC(C)C. The molecule has 0 amide bonds. The summed E-state index contributed by atoms with van der Waals surface area (Å²) in [6.07, 6.45) is 3.85. The number of hydrogen-bond acceptors (Lipinski definition) is 5. The van der Waals surface area contributed by atoms with E-state index in [9.17, 15) is 0 Å². The summed E-state index contributed by atoms with van der Waals surface area (Å²) >= 11 is 1.55. The Morgan fingerprint density at radius 3 is 2.73 bits per heavy atom. The highest BCUT2D eigenvalue weighted by molar-refractivity contribution is 7.98. The molecule has 2 N–H and O–H groups in total. The molecule has 0 aliphatic carbocycles. The predicted molar refractivity (Wildman–Crippen MR) is 65.3 cm³/mol. The van der Waals surface area contributed by atoms with Gasteiger partial charge in [-0.15, -0.1) is 0 Å². The Morgan fingerprint density at radius 2 is 2.20 bits per heavy atom. The summed E-state index contributed by atoms with van der Waals surface area (Å²) in [4.78, 5) is 8.71. The van der Waals surface area contributed by atoms with Gasteiger partial charge in [0.25, 0.3) is 0 Å². The van der Waals surface area contributed by atoms with Crippen LogP contribution in [-0.2, 0) is 6.54 Å². The van der Waals surface area contributed by atoms with E-state index in [-0.39, 0.29) is 0 Å². The molecule has 15 heavy (non-hydrogen) atoms. The Hall–Kier alpha value is -0.810. The molecule has 0 unspecified atom stereocenters. The smallest absolute Gasteiger partial charge is 0.189 e. The zero-order valence-electron chi connectivity index (χ0n) is 9.66. The van der Waals surface area contributed by atoms with Crippen molar-refractivity contribution in [2.24, 2.45) is 0 Å². The van der Waals surface area contributed by atoms with Crippen LogP contribution >= 0.6 is 11.8 Å². The van der Waals surface area contributed by atoms with E-state index in [1.807, 2.05) is 19.5 Å². The second-order valence-corrected chi connectivity index (χ2v) is 4.33. The number of aromatic nitrogens is 2. The van der Waals surface area contributed by atoms with E-state index in [1.54, 1.807) is 11.8 Å². The molecule has 1 rings (SSSR count). The first-order valence-electron chi connectivity index (χ1n) is 4.98. The van der Waals surface area contributed by atoms with Gasteiger partial charge in [0.2, 0.25) is 0 Å². The fourth-order valence-electron chi connectivity index (χ4n) is 1.21. The molecule has 0 saturated carbocycles. The first-order valence-corrected chi connectivity index (χ1v) is 6.21. The van der Waals surface area contributed by atoms with E-state index in [2.05, 4.69) is 34.4 Å². The third-order valence-corrected chi connectivity index (χ3v) is 2.38. The summed E-state index contributed by atoms with van der Waals surface area (Å²) in [5.41, 5.74) is 1.10. The molecule has 0 radical (unpaired) electrons. The molecule has 0 saturated heterocycles. The average molecular weight is 226 g/mol. The highest BCUT2D eigenvalue weighted by Crippen LogP contribution is 2.17. The van der Waals surface area contributed by atoms with Gasteiger partial charge < -0.3 is 10.6 Å². The lowest BCUT2D eigenvalue weighted by molar-refractivity contribution is 0.783. The third-order valence-electron chi connectivity index (χ3n) is 1.82. The maximum absolute atomic E-state index is 4.45. The zero-order chi connectivity index (χ0) is 11.3. The fraction of sp³-hybridized carbons (Fsp3) is 0.600. The van der Waals surface area contributed by atoms with Crippen LogP contribution in [0.15, 0.2) is 11.4 Å². The molecule has 0 aliphatic rings. The summed E-state index contributed by atoms with van der Waals surface area (Å²) in [7, 11) is 1.92. The molecule has 0 aliphatic heterocycles. The first kappa shape index (κ1) is 12.3. The Bertz CT molecular complexity index is 314. The molecule has 0 spiro atoms. The second kappa shape index (κ2) is 5.92. The molecule has 1 heterocycles. The van der Waals surface area contributed by atoms with Gasteiger partial charge in [-0.3, -0.25) is 0 Å². The average Bonchev–Trinajstić information content (AvgIpc) is 2.20. The van der Waals surface area contributed by atoms with Crippen molar-refractivity contribution in [3.63, 3.8) is 0 Å². The van der Waals surface area contributed by atoms with Crippen molar-refractivity contribution in [3.8, 4) is 0 Å². The van der Waals surface area contributed by atoms with Gasteiger partial charge in [0, 0.05) is 24.3 Å². The van der Waals surface area contributed by atoms with Gasteiger partial charge in [0.15, 0.2) is 5.16 Å². The standard InChI is InChI=1S/C10H18N4S/c1-7(2)13-9-8(5-11-3)6-12-10(14-9)15-4/h6-7,11H,5H2,1-4H3,(H,12,13,14). The van der Waals surface area contributed by atoms with E-state index in [0.717, 1.165) is 23.1 Å². The molecule has 4 nitrogen and oxygen atoms in total. The monoisotopic (exact) mass is 226 g/mol. The van der Waals surface area contributed by atoms with E-state index in [4.69, 9.17) is 0 Å². The van der Waals surface area contributed by atoms with Crippen molar-refractivity contribution in [2.75, 3.05) is 18.6 Å². The molecule has 0 atom stereocenters. The van der Waals surface area contributed by atoms with Crippen LogP contribution in [0.25, 0.3) is 0 Å². The molecule has 0 aromatic carbocycles. The van der Waals surface area contributed by atoms with Gasteiger partial charge in [-0.05, 0) is 27.2 Å². The number of nitrogens with zero attached hydrogens (tertiary/aromatic N) is 2. The Morgan fingerprint density at radius 1 is 1.47 bits per heavy atom. The minimum Gasteiger partial charge on any atom is -0.367 e. The molecule has 5 heteroatoms. The van der Waals surface area contributed by atoms with Gasteiger partial charge in [0.05, 0.1) is 0 Å². The number of thioether (sulfide) groups is 1. The van der Waals surface area contributed by atoms with Crippen LogP contribution in [0.5, 0.6) is 0 Å². The minimum absolute atomic E-state index is 0.380. The number of anilines is 1. The topological polar surface area (TPSA) is 49.8 Å². The Balaban J connectivity index is 2.93. The van der Waals surface area contributed by atoms with Crippen LogP contribution in [0, 0.1) is 0 Å². The van der Waals surface area contributed by atoms with Crippen molar-refractivity contribution >= 4 is 17.6 Å². The Labute approximate surface area is 95.3 Å². The van der Waals surface area contributed by atoms with E-state index < -0.39 is 0 Å². The molecular formula is C10H18N4S. The van der Waals surface area contributed by atoms with Crippen LogP contribution in [0.4, 0.5) is 5.82 Å². The summed E-state index contributed by atoms with van der Waals surface area (Å²) < 4.78 is 0. The van der Waals surface area contributed by atoms with E-state index >= 15 is 0 Å². The van der Waals surface area contributed by atoms with Crippen LogP contribution in [0.3, 0.4) is 0 Å². The van der Waals surface area contributed by atoms with Crippen LogP contribution in [0.1, 0.15) is 19.4 Å². The largest absolute Gasteiger partial charge is 0.367 e. The fourth-order valence-corrected chi connectivity index (χ4v) is 1.55. The van der Waals surface area contributed by atoms with E-state index in [1.165, 1.54) is 0 Å². The zero-order valence-corrected chi connectivity index (χ0v) is 10.5. The maximum atomic E-state index is 4.45. The van der Waals surface area contributed by atoms with Crippen molar-refractivity contribution in [1.29, 1.82) is 0 Å². The third kappa shape index (κ3) is 3.68. The normalized spacial score (nSPS) is 10.7. The molecule has 1 aromatic heterocycles. The highest BCUT2D eigenvalue weighted by atomic mass is 32.2. The number of hydrogen-bond donors (Lipinski definition) is 2.